The molecule has 2 heterocycles. The SMILES string of the molecule is COc1ccc2ccccc2c1CCC(=O)NC[C@H]1CCCN1c1nccs1. The van der Waals surface area contributed by atoms with Gasteiger partial charge in [0.15, 0.2) is 5.13 Å². The van der Waals surface area contributed by atoms with Crippen LogP contribution in [0.25, 0.3) is 10.8 Å². The second-order valence-corrected chi connectivity index (χ2v) is 7.95. The van der Waals surface area contributed by atoms with Crippen LogP contribution < -0.4 is 15.0 Å². The van der Waals surface area contributed by atoms with Gasteiger partial charge in [-0.3, -0.25) is 4.79 Å². The summed E-state index contributed by atoms with van der Waals surface area (Å²) in [5.41, 5.74) is 1.10. The Morgan fingerprint density at radius 3 is 3.04 bits per heavy atom. The first-order valence-corrected chi connectivity index (χ1v) is 10.6. The van der Waals surface area contributed by atoms with Crippen molar-refractivity contribution < 1.29 is 9.53 Å². The lowest BCUT2D eigenvalue weighted by Gasteiger charge is -2.24. The Morgan fingerprint density at radius 1 is 1.32 bits per heavy atom. The van der Waals surface area contributed by atoms with Gasteiger partial charge in [0.05, 0.1) is 7.11 Å². The molecule has 1 amide bonds. The highest BCUT2D eigenvalue weighted by Crippen LogP contribution is 2.29. The third kappa shape index (κ3) is 3.97. The zero-order valence-corrected chi connectivity index (χ0v) is 16.9. The number of nitrogens with one attached hydrogen (secondary N) is 1. The van der Waals surface area contributed by atoms with E-state index in [2.05, 4.69) is 33.4 Å². The number of amides is 1. The van der Waals surface area contributed by atoms with Crippen LogP contribution in [0.3, 0.4) is 0 Å². The first-order chi connectivity index (χ1) is 13.8. The number of nitrogens with zero attached hydrogens (tertiary/aromatic N) is 2. The third-order valence-electron chi connectivity index (χ3n) is 5.40. The number of anilines is 1. The summed E-state index contributed by atoms with van der Waals surface area (Å²) in [6, 6.07) is 12.6. The maximum Gasteiger partial charge on any atom is 0.220 e. The Bertz CT molecular complexity index is 942. The number of hydrogen-bond donors (Lipinski definition) is 1. The largest absolute Gasteiger partial charge is 0.496 e. The van der Waals surface area contributed by atoms with Crippen LogP contribution in [-0.4, -0.2) is 37.1 Å². The maximum absolute atomic E-state index is 12.5. The third-order valence-corrected chi connectivity index (χ3v) is 6.21. The van der Waals surface area contributed by atoms with Crippen LogP contribution in [0.15, 0.2) is 48.0 Å². The molecule has 1 atom stereocenters. The van der Waals surface area contributed by atoms with Gasteiger partial charge in [-0.25, -0.2) is 4.98 Å². The van der Waals surface area contributed by atoms with Crippen LogP contribution in [0.2, 0.25) is 0 Å². The molecular formula is C22H25N3O2S. The molecule has 5 nitrogen and oxygen atoms in total. The van der Waals surface area contributed by atoms with E-state index in [1.165, 1.54) is 5.39 Å². The topological polar surface area (TPSA) is 54.5 Å². The highest BCUT2D eigenvalue weighted by Gasteiger charge is 2.26. The number of aryl methyl sites for hydroxylation is 1. The number of carbonyl (C=O) groups excluding carboxylic acids is 1. The number of benzene rings is 2. The summed E-state index contributed by atoms with van der Waals surface area (Å²) in [6.07, 6.45) is 5.20. The average Bonchev–Trinajstić information content (AvgIpc) is 3.41. The van der Waals surface area contributed by atoms with E-state index in [0.717, 1.165) is 41.2 Å². The number of hydrogen-bond acceptors (Lipinski definition) is 5. The number of fused-ring (bicyclic) bond motifs is 1. The van der Waals surface area contributed by atoms with Gasteiger partial charge in [0.1, 0.15) is 5.75 Å². The zero-order chi connectivity index (χ0) is 19.3. The first-order valence-electron chi connectivity index (χ1n) is 9.73. The number of carbonyl (C=O) groups is 1. The van der Waals surface area contributed by atoms with Gasteiger partial charge >= 0.3 is 0 Å². The highest BCUT2D eigenvalue weighted by atomic mass is 32.1. The van der Waals surface area contributed by atoms with Crippen LogP contribution in [0.1, 0.15) is 24.8 Å². The van der Waals surface area contributed by atoms with Crippen molar-refractivity contribution in [2.24, 2.45) is 0 Å². The smallest absolute Gasteiger partial charge is 0.220 e. The Hall–Kier alpha value is -2.60. The standard InChI is InChI=1S/C22H25N3O2S/c1-27-20-10-8-16-5-2-3-7-18(16)19(20)9-11-21(26)24-15-17-6-4-13-25(17)22-23-12-14-28-22/h2-3,5,7-8,10,12,14,17H,4,6,9,11,13,15H2,1H3,(H,24,26)/t17-/m1/s1. The van der Waals surface area contributed by atoms with Gasteiger partial charge in [0, 0.05) is 42.7 Å². The van der Waals surface area contributed by atoms with Crippen LogP contribution in [0.4, 0.5) is 5.13 Å². The molecule has 3 aromatic rings. The van der Waals surface area contributed by atoms with E-state index < -0.39 is 0 Å². The number of ether oxygens (including phenoxy) is 1. The maximum atomic E-state index is 12.5. The van der Waals surface area contributed by atoms with E-state index in [9.17, 15) is 4.79 Å². The minimum atomic E-state index is 0.0842. The number of methoxy groups -OCH3 is 1. The lowest BCUT2D eigenvalue weighted by atomic mass is 9.99. The summed E-state index contributed by atoms with van der Waals surface area (Å²) in [7, 11) is 1.68. The second-order valence-electron chi connectivity index (χ2n) is 7.08. The van der Waals surface area contributed by atoms with Crippen molar-refractivity contribution in [3.8, 4) is 5.75 Å². The normalized spacial score (nSPS) is 16.5. The summed E-state index contributed by atoms with van der Waals surface area (Å²) < 4.78 is 5.54. The van der Waals surface area contributed by atoms with Crippen molar-refractivity contribution in [1.29, 1.82) is 0 Å². The Labute approximate surface area is 169 Å². The van der Waals surface area contributed by atoms with E-state index in [4.69, 9.17) is 4.74 Å². The molecule has 6 heteroatoms. The second kappa shape index (κ2) is 8.61. The lowest BCUT2D eigenvalue weighted by Crippen LogP contribution is -2.40. The number of aromatic nitrogens is 1. The molecule has 1 N–H and O–H groups in total. The van der Waals surface area contributed by atoms with E-state index in [0.29, 0.717) is 25.4 Å². The van der Waals surface area contributed by atoms with Gasteiger partial charge in [-0.2, -0.15) is 0 Å². The fourth-order valence-corrected chi connectivity index (χ4v) is 4.72. The average molecular weight is 396 g/mol. The van der Waals surface area contributed by atoms with Crippen molar-refractivity contribution in [3.05, 3.63) is 53.5 Å². The molecule has 0 saturated carbocycles. The summed E-state index contributed by atoms with van der Waals surface area (Å²) in [6.45, 7) is 1.69. The quantitative estimate of drug-likeness (QED) is 0.656. The Kier molecular flexibility index (Phi) is 5.76. The van der Waals surface area contributed by atoms with Crippen molar-refractivity contribution in [1.82, 2.24) is 10.3 Å². The summed E-state index contributed by atoms with van der Waals surface area (Å²) in [5.74, 6) is 0.929. The van der Waals surface area contributed by atoms with Crippen LogP contribution >= 0.6 is 11.3 Å². The van der Waals surface area contributed by atoms with Gasteiger partial charge in [-0.1, -0.05) is 30.3 Å². The molecular weight excluding hydrogens is 370 g/mol. The minimum Gasteiger partial charge on any atom is -0.496 e. The van der Waals surface area contributed by atoms with Gasteiger partial charge in [0.2, 0.25) is 5.91 Å². The van der Waals surface area contributed by atoms with E-state index in [1.54, 1.807) is 18.4 Å². The molecule has 1 saturated heterocycles. The molecule has 1 fully saturated rings. The minimum absolute atomic E-state index is 0.0842. The van der Waals surface area contributed by atoms with Crippen molar-refractivity contribution >= 4 is 33.1 Å². The highest BCUT2D eigenvalue weighted by molar-refractivity contribution is 7.13. The van der Waals surface area contributed by atoms with Crippen LogP contribution in [0.5, 0.6) is 5.75 Å². The Morgan fingerprint density at radius 2 is 2.21 bits per heavy atom. The van der Waals surface area contributed by atoms with Crippen LogP contribution in [-0.2, 0) is 11.2 Å². The van der Waals surface area contributed by atoms with Gasteiger partial charge in [0.25, 0.3) is 0 Å². The zero-order valence-electron chi connectivity index (χ0n) is 16.1. The molecule has 1 aromatic heterocycles. The van der Waals surface area contributed by atoms with E-state index in [1.807, 2.05) is 29.8 Å². The van der Waals surface area contributed by atoms with Gasteiger partial charge in [-0.05, 0) is 36.1 Å². The Balaban J connectivity index is 1.37. The van der Waals surface area contributed by atoms with Gasteiger partial charge in [-0.15, -0.1) is 11.3 Å². The lowest BCUT2D eigenvalue weighted by molar-refractivity contribution is -0.121. The fourth-order valence-electron chi connectivity index (χ4n) is 3.98. The first kappa shape index (κ1) is 18.7. The predicted octanol–water partition coefficient (Wildman–Crippen LogP) is 4.02. The van der Waals surface area contributed by atoms with Crippen molar-refractivity contribution in [2.75, 3.05) is 25.1 Å². The summed E-state index contributed by atoms with van der Waals surface area (Å²) >= 11 is 1.66. The number of thiazole rings is 1. The molecule has 0 bridgehead atoms. The fraction of sp³-hybridized carbons (Fsp3) is 0.364. The number of rotatable bonds is 7. The molecule has 0 aliphatic carbocycles. The molecule has 1 aliphatic heterocycles. The van der Waals surface area contributed by atoms with Gasteiger partial charge < -0.3 is 15.0 Å². The van der Waals surface area contributed by atoms with Crippen LogP contribution in [0, 0.1) is 0 Å². The summed E-state index contributed by atoms with van der Waals surface area (Å²) in [4.78, 5) is 19.3. The predicted molar refractivity (Wildman–Crippen MR) is 114 cm³/mol. The molecule has 0 unspecified atom stereocenters. The monoisotopic (exact) mass is 395 g/mol. The van der Waals surface area contributed by atoms with Crippen molar-refractivity contribution in [3.63, 3.8) is 0 Å². The molecule has 146 valence electrons. The molecule has 2 aromatic carbocycles. The molecule has 0 radical (unpaired) electrons. The van der Waals surface area contributed by atoms with E-state index >= 15 is 0 Å². The molecule has 1 aliphatic rings. The van der Waals surface area contributed by atoms with Crippen molar-refractivity contribution in [2.45, 2.75) is 31.7 Å². The molecule has 28 heavy (non-hydrogen) atoms. The van der Waals surface area contributed by atoms with E-state index in [-0.39, 0.29) is 5.91 Å². The summed E-state index contributed by atoms with van der Waals surface area (Å²) in [5, 5.41) is 8.50. The molecule has 0 spiro atoms. The molecule has 4 rings (SSSR count).